The quantitative estimate of drug-likeness (QED) is 0.838. The standard InChI is InChI=1S/C13H14BrCl2N3/c1-3-19-11(13(16)8(2)18-19)7-17-10-6-4-5-9(15)12(10)14/h4-6,17H,3,7H2,1-2H3. The van der Waals surface area contributed by atoms with Gasteiger partial charge in [-0.1, -0.05) is 29.3 Å². The average Bonchev–Trinajstić information content (AvgIpc) is 2.67. The van der Waals surface area contributed by atoms with Gasteiger partial charge >= 0.3 is 0 Å². The summed E-state index contributed by atoms with van der Waals surface area (Å²) < 4.78 is 2.76. The van der Waals surface area contributed by atoms with Crippen molar-refractivity contribution >= 4 is 44.8 Å². The highest BCUT2D eigenvalue weighted by Crippen LogP contribution is 2.31. The van der Waals surface area contributed by atoms with E-state index in [9.17, 15) is 0 Å². The smallest absolute Gasteiger partial charge is 0.0865 e. The van der Waals surface area contributed by atoms with Gasteiger partial charge in [0.15, 0.2) is 0 Å². The molecule has 0 fully saturated rings. The van der Waals surface area contributed by atoms with Gasteiger partial charge in [0.2, 0.25) is 0 Å². The fraction of sp³-hybridized carbons (Fsp3) is 0.308. The molecule has 0 saturated carbocycles. The van der Waals surface area contributed by atoms with E-state index in [4.69, 9.17) is 23.2 Å². The van der Waals surface area contributed by atoms with Crippen LogP contribution in [0.3, 0.4) is 0 Å². The molecule has 6 heteroatoms. The lowest BCUT2D eigenvalue weighted by Crippen LogP contribution is -2.08. The number of rotatable bonds is 4. The topological polar surface area (TPSA) is 29.9 Å². The lowest BCUT2D eigenvalue weighted by molar-refractivity contribution is 0.623. The van der Waals surface area contributed by atoms with Crippen LogP contribution in [0.25, 0.3) is 0 Å². The van der Waals surface area contributed by atoms with Crippen molar-refractivity contribution in [2.24, 2.45) is 0 Å². The van der Waals surface area contributed by atoms with Gasteiger partial charge in [-0.15, -0.1) is 0 Å². The Morgan fingerprint density at radius 3 is 2.79 bits per heavy atom. The van der Waals surface area contributed by atoms with E-state index in [0.29, 0.717) is 16.6 Å². The van der Waals surface area contributed by atoms with Gasteiger partial charge in [0.1, 0.15) is 0 Å². The normalized spacial score (nSPS) is 10.8. The van der Waals surface area contributed by atoms with Crippen molar-refractivity contribution in [2.75, 3.05) is 5.32 Å². The number of hydrogen-bond donors (Lipinski definition) is 1. The maximum Gasteiger partial charge on any atom is 0.0865 e. The highest BCUT2D eigenvalue weighted by Gasteiger charge is 2.12. The number of aryl methyl sites for hydroxylation is 2. The fourth-order valence-corrected chi connectivity index (χ4v) is 2.64. The zero-order valence-electron chi connectivity index (χ0n) is 10.7. The Bertz CT molecular complexity index is 596. The minimum atomic E-state index is 0.604. The third-order valence-electron chi connectivity index (χ3n) is 2.85. The molecule has 0 aliphatic rings. The Morgan fingerprint density at radius 2 is 2.11 bits per heavy atom. The van der Waals surface area contributed by atoms with Crippen LogP contribution < -0.4 is 5.32 Å². The van der Waals surface area contributed by atoms with Gasteiger partial charge in [0.05, 0.1) is 38.1 Å². The molecule has 2 rings (SSSR count). The molecule has 1 heterocycles. The first kappa shape index (κ1) is 14.7. The first-order valence-electron chi connectivity index (χ1n) is 5.94. The maximum absolute atomic E-state index is 6.27. The van der Waals surface area contributed by atoms with Crippen LogP contribution in [0.5, 0.6) is 0 Å². The van der Waals surface area contributed by atoms with E-state index >= 15 is 0 Å². The first-order valence-corrected chi connectivity index (χ1v) is 7.49. The van der Waals surface area contributed by atoms with Crippen LogP contribution in [-0.2, 0) is 13.1 Å². The number of nitrogens with zero attached hydrogens (tertiary/aromatic N) is 2. The van der Waals surface area contributed by atoms with Gasteiger partial charge in [0.25, 0.3) is 0 Å². The Balaban J connectivity index is 2.21. The van der Waals surface area contributed by atoms with Crippen molar-refractivity contribution in [3.05, 3.63) is 44.1 Å². The average molecular weight is 363 g/mol. The van der Waals surface area contributed by atoms with Gasteiger partial charge in [-0.2, -0.15) is 5.10 Å². The van der Waals surface area contributed by atoms with E-state index in [-0.39, 0.29) is 0 Å². The third-order valence-corrected chi connectivity index (χ3v) is 4.74. The van der Waals surface area contributed by atoms with Crippen LogP contribution in [0.15, 0.2) is 22.7 Å². The van der Waals surface area contributed by atoms with Crippen LogP contribution >= 0.6 is 39.1 Å². The van der Waals surface area contributed by atoms with E-state index in [0.717, 1.165) is 28.1 Å². The molecule has 3 nitrogen and oxygen atoms in total. The second-order valence-electron chi connectivity index (χ2n) is 4.12. The molecule has 0 bridgehead atoms. The Hall–Kier alpha value is -0.710. The van der Waals surface area contributed by atoms with Gasteiger partial charge < -0.3 is 5.32 Å². The van der Waals surface area contributed by atoms with Crippen LogP contribution in [0, 0.1) is 6.92 Å². The van der Waals surface area contributed by atoms with Crippen molar-refractivity contribution in [1.82, 2.24) is 9.78 Å². The molecule has 0 aliphatic carbocycles. The summed E-state index contributed by atoms with van der Waals surface area (Å²) in [7, 11) is 0. The van der Waals surface area contributed by atoms with Crippen molar-refractivity contribution in [1.29, 1.82) is 0 Å². The number of anilines is 1. The van der Waals surface area contributed by atoms with Crippen LogP contribution in [0.1, 0.15) is 18.3 Å². The predicted molar refractivity (Wildman–Crippen MR) is 84.1 cm³/mol. The lowest BCUT2D eigenvalue weighted by Gasteiger charge is -2.11. The summed E-state index contributed by atoms with van der Waals surface area (Å²) in [4.78, 5) is 0. The summed E-state index contributed by atoms with van der Waals surface area (Å²) in [6.45, 7) is 5.35. The molecule has 0 spiro atoms. The zero-order valence-corrected chi connectivity index (χ0v) is 13.8. The minimum absolute atomic E-state index is 0.604. The highest BCUT2D eigenvalue weighted by molar-refractivity contribution is 9.10. The SMILES string of the molecule is CCn1nc(C)c(Cl)c1CNc1cccc(Cl)c1Br. The third kappa shape index (κ3) is 3.07. The molecule has 0 atom stereocenters. The van der Waals surface area contributed by atoms with Crippen molar-refractivity contribution in [2.45, 2.75) is 26.9 Å². The lowest BCUT2D eigenvalue weighted by atomic mass is 10.3. The molecule has 0 unspecified atom stereocenters. The van der Waals surface area contributed by atoms with E-state index in [1.165, 1.54) is 0 Å². The number of benzene rings is 1. The van der Waals surface area contributed by atoms with Gasteiger partial charge in [0, 0.05) is 6.54 Å². The largest absolute Gasteiger partial charge is 0.378 e. The first-order chi connectivity index (χ1) is 9.04. The Kier molecular flexibility index (Phi) is 4.76. The van der Waals surface area contributed by atoms with Crippen LogP contribution in [0.2, 0.25) is 10.0 Å². The fourth-order valence-electron chi connectivity index (χ4n) is 1.86. The summed E-state index contributed by atoms with van der Waals surface area (Å²) in [5.74, 6) is 0. The van der Waals surface area contributed by atoms with E-state index in [2.05, 4.69) is 26.3 Å². The minimum Gasteiger partial charge on any atom is -0.378 e. The molecular weight excluding hydrogens is 349 g/mol. The number of nitrogens with one attached hydrogen (secondary N) is 1. The Labute approximate surface area is 131 Å². The second-order valence-corrected chi connectivity index (χ2v) is 5.69. The van der Waals surface area contributed by atoms with E-state index < -0.39 is 0 Å². The summed E-state index contributed by atoms with van der Waals surface area (Å²) in [5.41, 5.74) is 2.77. The molecule has 2 aromatic rings. The summed E-state index contributed by atoms with van der Waals surface area (Å²) in [6.07, 6.45) is 0. The van der Waals surface area contributed by atoms with Gasteiger partial charge in [-0.25, -0.2) is 0 Å². The molecule has 1 aromatic carbocycles. The molecular formula is C13H14BrCl2N3. The molecule has 0 saturated heterocycles. The summed E-state index contributed by atoms with van der Waals surface area (Å²) in [5, 5.41) is 9.10. The predicted octanol–water partition coefficient (Wildman–Crippen LogP) is 4.89. The van der Waals surface area contributed by atoms with Crippen molar-refractivity contribution in [3.63, 3.8) is 0 Å². The van der Waals surface area contributed by atoms with Crippen LogP contribution in [-0.4, -0.2) is 9.78 Å². The van der Waals surface area contributed by atoms with Crippen molar-refractivity contribution in [3.8, 4) is 0 Å². The number of hydrogen-bond acceptors (Lipinski definition) is 2. The van der Waals surface area contributed by atoms with Gasteiger partial charge in [-0.05, 0) is 41.9 Å². The van der Waals surface area contributed by atoms with Crippen molar-refractivity contribution < 1.29 is 0 Å². The zero-order chi connectivity index (χ0) is 14.0. The molecule has 1 aromatic heterocycles. The summed E-state index contributed by atoms with van der Waals surface area (Å²) >= 11 is 15.8. The van der Waals surface area contributed by atoms with Gasteiger partial charge in [-0.3, -0.25) is 4.68 Å². The summed E-state index contributed by atoms with van der Waals surface area (Å²) in [6, 6.07) is 5.70. The molecule has 1 N–H and O–H groups in total. The molecule has 0 aliphatic heterocycles. The monoisotopic (exact) mass is 361 g/mol. The van der Waals surface area contributed by atoms with E-state index in [1.807, 2.05) is 36.7 Å². The molecule has 0 amide bonds. The maximum atomic E-state index is 6.27. The van der Waals surface area contributed by atoms with Crippen LogP contribution in [0.4, 0.5) is 5.69 Å². The van der Waals surface area contributed by atoms with E-state index in [1.54, 1.807) is 0 Å². The highest BCUT2D eigenvalue weighted by atomic mass is 79.9. The number of halogens is 3. The molecule has 102 valence electrons. The molecule has 19 heavy (non-hydrogen) atoms. The Morgan fingerprint density at radius 1 is 1.37 bits per heavy atom. The number of aromatic nitrogens is 2. The molecule has 0 radical (unpaired) electrons. The second kappa shape index (κ2) is 6.16.